The molecular formula is C22H19ClN4O4. The van der Waals surface area contributed by atoms with Gasteiger partial charge in [-0.1, -0.05) is 29.8 Å². The van der Waals surface area contributed by atoms with Gasteiger partial charge in [-0.15, -0.1) is 10.2 Å². The van der Waals surface area contributed by atoms with E-state index in [0.29, 0.717) is 16.5 Å². The number of carbonyl (C=O) groups is 2. The summed E-state index contributed by atoms with van der Waals surface area (Å²) in [5.41, 5.74) is 2.55. The first-order chi connectivity index (χ1) is 15.0. The number of H-pyrrole nitrogens is 1. The average Bonchev–Trinajstić information content (AvgIpc) is 3.39. The van der Waals surface area contributed by atoms with Gasteiger partial charge in [-0.25, -0.2) is 4.79 Å². The molecule has 2 aromatic carbocycles. The summed E-state index contributed by atoms with van der Waals surface area (Å²) in [6.07, 6.45) is 2.10. The molecule has 9 heteroatoms. The van der Waals surface area contributed by atoms with E-state index < -0.39 is 12.0 Å². The Bertz CT molecular complexity index is 1220. The van der Waals surface area contributed by atoms with Crippen LogP contribution in [-0.2, 0) is 27.4 Å². The second kappa shape index (κ2) is 9.01. The third-order valence-electron chi connectivity index (χ3n) is 4.66. The molecule has 1 unspecified atom stereocenters. The lowest BCUT2D eigenvalue weighted by Gasteiger charge is -2.16. The van der Waals surface area contributed by atoms with Crippen molar-refractivity contribution in [3.8, 4) is 11.5 Å². The lowest BCUT2D eigenvalue weighted by molar-refractivity contribution is -0.149. The Hall–Kier alpha value is -3.65. The lowest BCUT2D eigenvalue weighted by atomic mass is 10.0. The Balaban J connectivity index is 1.43. The maximum Gasteiger partial charge on any atom is 0.329 e. The fraction of sp³-hybridized carbons (Fsp3) is 0.182. The zero-order valence-electron chi connectivity index (χ0n) is 16.6. The van der Waals surface area contributed by atoms with Gasteiger partial charge in [0, 0.05) is 41.0 Å². The van der Waals surface area contributed by atoms with Crippen molar-refractivity contribution in [2.45, 2.75) is 26.0 Å². The second-order valence-electron chi connectivity index (χ2n) is 6.93. The Morgan fingerprint density at radius 1 is 1.16 bits per heavy atom. The predicted octanol–water partition coefficient (Wildman–Crippen LogP) is 3.66. The molecule has 0 radical (unpaired) electrons. The minimum absolute atomic E-state index is 0.145. The van der Waals surface area contributed by atoms with Crippen LogP contribution in [0, 0.1) is 0 Å². The van der Waals surface area contributed by atoms with Gasteiger partial charge in [0.15, 0.2) is 6.61 Å². The topological polar surface area (TPSA) is 110 Å². The van der Waals surface area contributed by atoms with Crippen LogP contribution >= 0.6 is 11.6 Å². The highest BCUT2D eigenvalue weighted by atomic mass is 35.5. The molecule has 8 nitrogen and oxygen atoms in total. The summed E-state index contributed by atoms with van der Waals surface area (Å²) in [4.78, 5) is 27.5. The summed E-state index contributed by atoms with van der Waals surface area (Å²) in [5.74, 6) is -0.483. The first kappa shape index (κ1) is 20.6. The number of rotatable bonds is 7. The van der Waals surface area contributed by atoms with Crippen LogP contribution in [0.25, 0.3) is 22.4 Å². The molecule has 1 atom stereocenters. The van der Waals surface area contributed by atoms with E-state index in [2.05, 4.69) is 20.5 Å². The molecule has 158 valence electrons. The van der Waals surface area contributed by atoms with E-state index in [-0.39, 0.29) is 24.8 Å². The third-order valence-corrected chi connectivity index (χ3v) is 4.91. The quantitative estimate of drug-likeness (QED) is 0.426. The molecular weight excluding hydrogens is 420 g/mol. The average molecular weight is 439 g/mol. The minimum atomic E-state index is -0.852. The fourth-order valence-corrected chi connectivity index (χ4v) is 3.34. The van der Waals surface area contributed by atoms with Gasteiger partial charge >= 0.3 is 5.97 Å². The number of esters is 1. The molecule has 2 aromatic heterocycles. The molecule has 2 heterocycles. The largest absolute Gasteiger partial charge is 0.454 e. The number of nitrogens with zero attached hydrogens (tertiary/aromatic N) is 2. The summed E-state index contributed by atoms with van der Waals surface area (Å²) in [6.45, 7) is 1.15. The Kier molecular flexibility index (Phi) is 5.99. The summed E-state index contributed by atoms with van der Waals surface area (Å²) in [6, 6.07) is 13.8. The number of ether oxygens (including phenoxy) is 1. The van der Waals surface area contributed by atoms with Crippen LogP contribution in [0.2, 0.25) is 5.02 Å². The van der Waals surface area contributed by atoms with Crippen molar-refractivity contribution in [1.82, 2.24) is 20.5 Å². The molecule has 0 aliphatic rings. The number of hydrogen-bond acceptors (Lipinski definition) is 6. The van der Waals surface area contributed by atoms with Crippen molar-refractivity contribution >= 4 is 34.4 Å². The van der Waals surface area contributed by atoms with Gasteiger partial charge in [0.2, 0.25) is 11.8 Å². The molecule has 0 aliphatic carbocycles. The molecule has 0 spiro atoms. The molecule has 0 aliphatic heterocycles. The molecule has 0 bridgehead atoms. The molecule has 0 fully saturated rings. The van der Waals surface area contributed by atoms with Crippen LogP contribution in [0.5, 0.6) is 0 Å². The highest BCUT2D eigenvalue weighted by molar-refractivity contribution is 6.30. The van der Waals surface area contributed by atoms with E-state index in [0.717, 1.165) is 16.5 Å². The van der Waals surface area contributed by atoms with Gasteiger partial charge in [-0.2, -0.15) is 0 Å². The summed E-state index contributed by atoms with van der Waals surface area (Å²) < 4.78 is 10.9. The number of hydrogen-bond donors (Lipinski definition) is 2. The maximum absolute atomic E-state index is 12.7. The maximum atomic E-state index is 12.7. The van der Waals surface area contributed by atoms with Gasteiger partial charge < -0.3 is 19.5 Å². The van der Waals surface area contributed by atoms with Crippen LogP contribution in [0.4, 0.5) is 0 Å². The van der Waals surface area contributed by atoms with Gasteiger partial charge in [0.1, 0.15) is 6.04 Å². The Morgan fingerprint density at radius 2 is 1.94 bits per heavy atom. The first-order valence-corrected chi connectivity index (χ1v) is 9.94. The van der Waals surface area contributed by atoms with E-state index in [9.17, 15) is 9.59 Å². The summed E-state index contributed by atoms with van der Waals surface area (Å²) in [7, 11) is 0. The predicted molar refractivity (Wildman–Crippen MR) is 114 cm³/mol. The molecule has 0 saturated carbocycles. The number of para-hydroxylation sites is 1. The Labute approximate surface area is 182 Å². The Morgan fingerprint density at radius 3 is 2.71 bits per heavy atom. The van der Waals surface area contributed by atoms with Gasteiger partial charge in [0.05, 0.1) is 0 Å². The van der Waals surface area contributed by atoms with Gasteiger partial charge in [0.25, 0.3) is 5.89 Å². The van der Waals surface area contributed by atoms with E-state index in [1.165, 1.54) is 6.92 Å². The van der Waals surface area contributed by atoms with Crippen LogP contribution < -0.4 is 5.32 Å². The number of carbonyl (C=O) groups excluding carboxylic acids is 2. The second-order valence-corrected chi connectivity index (χ2v) is 7.37. The smallest absolute Gasteiger partial charge is 0.329 e. The van der Waals surface area contributed by atoms with Gasteiger partial charge in [-0.05, 0) is 35.9 Å². The number of amides is 1. The zero-order chi connectivity index (χ0) is 21.8. The van der Waals surface area contributed by atoms with Crippen molar-refractivity contribution in [3.63, 3.8) is 0 Å². The molecule has 31 heavy (non-hydrogen) atoms. The SMILES string of the molecule is CC(=O)NC(Cc1c[nH]c2ccccc12)C(=O)OCc1nnc(-c2ccc(Cl)cc2)o1. The zero-order valence-corrected chi connectivity index (χ0v) is 17.3. The normalized spacial score (nSPS) is 11.9. The number of fused-ring (bicyclic) bond motifs is 1. The summed E-state index contributed by atoms with van der Waals surface area (Å²) in [5, 5.41) is 12.1. The van der Waals surface area contributed by atoms with Crippen LogP contribution in [0.15, 0.2) is 59.1 Å². The van der Waals surface area contributed by atoms with E-state index in [1.807, 2.05) is 30.5 Å². The van der Waals surface area contributed by atoms with Crippen LogP contribution in [-0.4, -0.2) is 33.1 Å². The van der Waals surface area contributed by atoms with E-state index >= 15 is 0 Å². The molecule has 1 amide bonds. The highest BCUT2D eigenvalue weighted by Crippen LogP contribution is 2.21. The molecule has 4 rings (SSSR count). The minimum Gasteiger partial charge on any atom is -0.454 e. The van der Waals surface area contributed by atoms with Crippen molar-refractivity contribution in [1.29, 1.82) is 0 Å². The number of nitrogens with one attached hydrogen (secondary N) is 2. The van der Waals surface area contributed by atoms with Crippen LogP contribution in [0.3, 0.4) is 0 Å². The third kappa shape index (κ3) is 4.92. The van der Waals surface area contributed by atoms with Crippen molar-refractivity contribution in [2.24, 2.45) is 0 Å². The first-order valence-electron chi connectivity index (χ1n) is 9.56. The molecule has 4 aromatic rings. The number of aromatic amines is 1. The number of benzene rings is 2. The number of aromatic nitrogens is 3. The fourth-order valence-electron chi connectivity index (χ4n) is 3.21. The highest BCUT2D eigenvalue weighted by Gasteiger charge is 2.24. The van der Waals surface area contributed by atoms with Crippen molar-refractivity contribution < 1.29 is 18.7 Å². The van der Waals surface area contributed by atoms with E-state index in [1.54, 1.807) is 24.3 Å². The lowest BCUT2D eigenvalue weighted by Crippen LogP contribution is -2.42. The molecule has 0 saturated heterocycles. The van der Waals surface area contributed by atoms with Crippen molar-refractivity contribution in [3.05, 3.63) is 71.2 Å². The number of halogens is 1. The molecule has 2 N–H and O–H groups in total. The summed E-state index contributed by atoms with van der Waals surface area (Å²) >= 11 is 5.88. The van der Waals surface area contributed by atoms with Crippen LogP contribution in [0.1, 0.15) is 18.4 Å². The van der Waals surface area contributed by atoms with Gasteiger partial charge in [-0.3, -0.25) is 4.79 Å². The standard InChI is InChI=1S/C22H19ClN4O4/c1-13(28)25-19(10-15-11-24-18-5-3-2-4-17(15)18)22(29)30-12-20-26-27-21(31-20)14-6-8-16(23)9-7-14/h2-9,11,19,24H,10,12H2,1H3,(H,25,28). The monoisotopic (exact) mass is 438 g/mol. The van der Waals surface area contributed by atoms with Crippen molar-refractivity contribution in [2.75, 3.05) is 0 Å². The van der Waals surface area contributed by atoms with E-state index in [4.69, 9.17) is 20.8 Å².